The van der Waals surface area contributed by atoms with Gasteiger partial charge in [-0.25, -0.2) is 0 Å². The SMILES string of the molecule is COC(=O)C1CN(C(=O)C2COCCO2)CC1C. The van der Waals surface area contributed by atoms with Crippen LogP contribution in [0.2, 0.25) is 0 Å². The molecular weight excluding hydrogens is 238 g/mol. The van der Waals surface area contributed by atoms with E-state index in [0.29, 0.717) is 32.9 Å². The van der Waals surface area contributed by atoms with Gasteiger partial charge in [-0.05, 0) is 5.92 Å². The summed E-state index contributed by atoms with van der Waals surface area (Å²) in [6, 6.07) is 0. The van der Waals surface area contributed by atoms with Crippen molar-refractivity contribution in [2.75, 3.05) is 40.0 Å². The first-order valence-electron chi connectivity index (χ1n) is 6.19. The number of ether oxygens (including phenoxy) is 3. The number of methoxy groups -OCH3 is 1. The average Bonchev–Trinajstić information content (AvgIpc) is 2.80. The van der Waals surface area contributed by atoms with Crippen LogP contribution in [0.25, 0.3) is 0 Å². The molecule has 6 nitrogen and oxygen atoms in total. The summed E-state index contributed by atoms with van der Waals surface area (Å²) in [5.74, 6) is -0.457. The Morgan fingerprint density at radius 2 is 2.06 bits per heavy atom. The number of hydrogen-bond acceptors (Lipinski definition) is 5. The van der Waals surface area contributed by atoms with Crippen LogP contribution in [0.15, 0.2) is 0 Å². The molecule has 0 aromatic carbocycles. The molecule has 3 atom stereocenters. The number of esters is 1. The molecule has 2 fully saturated rings. The standard InChI is InChI=1S/C12H19NO5/c1-8-5-13(6-9(8)12(15)16-2)11(14)10-7-17-3-4-18-10/h8-10H,3-7H2,1-2H3. The second-order valence-corrected chi connectivity index (χ2v) is 4.78. The fourth-order valence-corrected chi connectivity index (χ4v) is 2.44. The third kappa shape index (κ3) is 2.64. The highest BCUT2D eigenvalue weighted by molar-refractivity contribution is 5.83. The van der Waals surface area contributed by atoms with E-state index < -0.39 is 6.10 Å². The maximum Gasteiger partial charge on any atom is 0.310 e. The second-order valence-electron chi connectivity index (χ2n) is 4.78. The molecule has 6 heteroatoms. The molecule has 2 heterocycles. The summed E-state index contributed by atoms with van der Waals surface area (Å²) in [4.78, 5) is 25.4. The number of carbonyl (C=O) groups excluding carboxylic acids is 2. The molecule has 3 unspecified atom stereocenters. The van der Waals surface area contributed by atoms with Crippen LogP contribution in [0, 0.1) is 11.8 Å². The summed E-state index contributed by atoms with van der Waals surface area (Å²) in [5.41, 5.74) is 0. The minimum absolute atomic E-state index is 0.0899. The highest BCUT2D eigenvalue weighted by atomic mass is 16.6. The molecule has 1 amide bonds. The molecule has 0 saturated carbocycles. The molecule has 0 spiro atoms. The van der Waals surface area contributed by atoms with Gasteiger partial charge >= 0.3 is 5.97 Å². The van der Waals surface area contributed by atoms with E-state index in [-0.39, 0.29) is 23.7 Å². The summed E-state index contributed by atoms with van der Waals surface area (Å²) in [6.07, 6.45) is -0.526. The van der Waals surface area contributed by atoms with Crippen molar-refractivity contribution in [3.8, 4) is 0 Å². The maximum absolute atomic E-state index is 12.2. The van der Waals surface area contributed by atoms with E-state index in [1.807, 2.05) is 6.92 Å². The Morgan fingerprint density at radius 1 is 1.28 bits per heavy atom. The number of nitrogens with zero attached hydrogens (tertiary/aromatic N) is 1. The van der Waals surface area contributed by atoms with Gasteiger partial charge in [0.2, 0.25) is 0 Å². The molecule has 2 rings (SSSR count). The van der Waals surface area contributed by atoms with Crippen molar-refractivity contribution in [3.05, 3.63) is 0 Å². The molecule has 0 N–H and O–H groups in total. The Balaban J connectivity index is 1.94. The first-order valence-corrected chi connectivity index (χ1v) is 6.19. The van der Waals surface area contributed by atoms with Gasteiger partial charge in [-0.2, -0.15) is 0 Å². The Kier molecular flexibility index (Phi) is 4.19. The van der Waals surface area contributed by atoms with Gasteiger partial charge in [-0.15, -0.1) is 0 Å². The van der Waals surface area contributed by atoms with Gasteiger partial charge in [-0.1, -0.05) is 6.92 Å². The summed E-state index contributed by atoms with van der Waals surface area (Å²) >= 11 is 0. The van der Waals surface area contributed by atoms with Crippen LogP contribution in [0.5, 0.6) is 0 Å². The zero-order valence-electron chi connectivity index (χ0n) is 10.8. The van der Waals surface area contributed by atoms with Crippen molar-refractivity contribution in [1.29, 1.82) is 0 Å². The largest absolute Gasteiger partial charge is 0.469 e. The highest BCUT2D eigenvalue weighted by Gasteiger charge is 2.40. The minimum atomic E-state index is -0.526. The van der Waals surface area contributed by atoms with Crippen LogP contribution in [-0.2, 0) is 23.8 Å². The molecule has 102 valence electrons. The Bertz CT molecular complexity index is 326. The fourth-order valence-electron chi connectivity index (χ4n) is 2.44. The monoisotopic (exact) mass is 257 g/mol. The summed E-state index contributed by atoms with van der Waals surface area (Å²) in [7, 11) is 1.37. The van der Waals surface area contributed by atoms with Gasteiger partial charge in [0.25, 0.3) is 5.91 Å². The van der Waals surface area contributed by atoms with Gasteiger partial charge < -0.3 is 19.1 Å². The van der Waals surface area contributed by atoms with Crippen molar-refractivity contribution < 1.29 is 23.8 Å². The van der Waals surface area contributed by atoms with Gasteiger partial charge in [0.1, 0.15) is 0 Å². The van der Waals surface area contributed by atoms with Crippen LogP contribution in [-0.4, -0.2) is 62.9 Å². The average molecular weight is 257 g/mol. The van der Waals surface area contributed by atoms with Gasteiger partial charge in [0.15, 0.2) is 6.10 Å². The molecule has 0 aromatic rings. The molecule has 2 aliphatic rings. The summed E-state index contributed by atoms with van der Waals surface area (Å²) in [6.45, 7) is 4.20. The van der Waals surface area contributed by atoms with E-state index >= 15 is 0 Å². The molecule has 2 aliphatic heterocycles. The van der Waals surface area contributed by atoms with Gasteiger partial charge in [0.05, 0.1) is 32.8 Å². The van der Waals surface area contributed by atoms with Crippen molar-refractivity contribution in [2.24, 2.45) is 11.8 Å². The van der Waals surface area contributed by atoms with Crippen molar-refractivity contribution in [2.45, 2.75) is 13.0 Å². The van der Waals surface area contributed by atoms with E-state index in [0.717, 1.165) is 0 Å². The quantitative estimate of drug-likeness (QED) is 0.634. The third-order valence-corrected chi connectivity index (χ3v) is 3.52. The van der Waals surface area contributed by atoms with Crippen LogP contribution in [0.3, 0.4) is 0 Å². The maximum atomic E-state index is 12.2. The van der Waals surface area contributed by atoms with Crippen molar-refractivity contribution in [1.82, 2.24) is 4.90 Å². The topological polar surface area (TPSA) is 65.1 Å². The van der Waals surface area contributed by atoms with Crippen LogP contribution in [0.4, 0.5) is 0 Å². The molecule has 0 bridgehead atoms. The first kappa shape index (κ1) is 13.3. The van der Waals surface area contributed by atoms with E-state index in [1.165, 1.54) is 7.11 Å². The molecular formula is C12H19NO5. The lowest BCUT2D eigenvalue weighted by Gasteiger charge is -2.26. The zero-order chi connectivity index (χ0) is 13.1. The smallest absolute Gasteiger partial charge is 0.310 e. The predicted molar refractivity (Wildman–Crippen MR) is 61.8 cm³/mol. The van der Waals surface area contributed by atoms with Crippen LogP contribution >= 0.6 is 0 Å². The van der Waals surface area contributed by atoms with Crippen molar-refractivity contribution in [3.63, 3.8) is 0 Å². The lowest BCUT2D eigenvalue weighted by molar-refractivity contribution is -0.157. The normalized spacial score (nSPS) is 32.3. The Hall–Kier alpha value is -1.14. The number of rotatable bonds is 2. The van der Waals surface area contributed by atoms with Crippen LogP contribution in [0.1, 0.15) is 6.92 Å². The molecule has 2 saturated heterocycles. The molecule has 0 aliphatic carbocycles. The van der Waals surface area contributed by atoms with E-state index in [4.69, 9.17) is 14.2 Å². The fraction of sp³-hybridized carbons (Fsp3) is 0.833. The Morgan fingerprint density at radius 3 is 2.67 bits per heavy atom. The van der Waals surface area contributed by atoms with E-state index in [2.05, 4.69) is 0 Å². The zero-order valence-corrected chi connectivity index (χ0v) is 10.8. The second kappa shape index (κ2) is 5.67. The Labute approximate surface area is 106 Å². The summed E-state index contributed by atoms with van der Waals surface area (Å²) < 4.78 is 15.3. The van der Waals surface area contributed by atoms with Crippen molar-refractivity contribution >= 4 is 11.9 Å². The third-order valence-electron chi connectivity index (χ3n) is 3.52. The highest BCUT2D eigenvalue weighted by Crippen LogP contribution is 2.25. The number of carbonyl (C=O) groups is 2. The van der Waals surface area contributed by atoms with Crippen LogP contribution < -0.4 is 0 Å². The summed E-state index contributed by atoms with van der Waals surface area (Å²) in [5, 5.41) is 0. The number of hydrogen-bond donors (Lipinski definition) is 0. The lowest BCUT2D eigenvalue weighted by atomic mass is 9.99. The van der Waals surface area contributed by atoms with E-state index in [9.17, 15) is 9.59 Å². The predicted octanol–water partition coefficient (Wildman–Crippen LogP) is -0.331. The molecule has 18 heavy (non-hydrogen) atoms. The number of likely N-dealkylation sites (tertiary alicyclic amines) is 1. The molecule has 0 aromatic heterocycles. The van der Waals surface area contributed by atoms with E-state index in [1.54, 1.807) is 4.90 Å². The number of amides is 1. The first-order chi connectivity index (χ1) is 8.63. The molecule has 0 radical (unpaired) electrons. The van der Waals surface area contributed by atoms with Gasteiger partial charge in [0, 0.05) is 13.1 Å². The minimum Gasteiger partial charge on any atom is -0.469 e. The lowest BCUT2D eigenvalue weighted by Crippen LogP contribution is -2.44. The van der Waals surface area contributed by atoms with Gasteiger partial charge in [-0.3, -0.25) is 9.59 Å².